The van der Waals surface area contributed by atoms with Gasteiger partial charge in [-0.05, 0) is 6.42 Å². The summed E-state index contributed by atoms with van der Waals surface area (Å²) in [5, 5.41) is 8.94. The van der Waals surface area contributed by atoms with E-state index in [4.69, 9.17) is 39.9 Å². The van der Waals surface area contributed by atoms with E-state index in [1.165, 1.54) is 0 Å². The highest BCUT2D eigenvalue weighted by Gasteiger charge is 2.22. The maximum atomic E-state index is 8.94. The van der Waals surface area contributed by atoms with E-state index in [9.17, 15) is 0 Å². The Balaban J connectivity index is 3.47. The molecule has 0 aliphatic heterocycles. The lowest BCUT2D eigenvalue weighted by Gasteiger charge is -2.13. The summed E-state index contributed by atoms with van der Waals surface area (Å²) in [4.78, 5) is 0. The van der Waals surface area contributed by atoms with Crippen LogP contribution in [0.1, 0.15) is 19.8 Å². The Bertz CT molecular complexity index is 78.8. The molecule has 0 saturated heterocycles. The van der Waals surface area contributed by atoms with Crippen LogP contribution < -0.4 is 0 Å². The second-order valence-corrected chi connectivity index (χ2v) is 4.40. The van der Waals surface area contributed by atoms with Crippen LogP contribution >= 0.6 is 34.8 Å². The Morgan fingerprint density at radius 2 is 1.89 bits per heavy atom. The number of alkyl halides is 3. The standard InChI is InChI=1S/C5H9Cl3O/c1-2-4(9)3-5(6,7)8/h4,9H,2-3H2,1H3. The molecule has 1 N–H and O–H groups in total. The van der Waals surface area contributed by atoms with E-state index in [0.29, 0.717) is 6.42 Å². The molecule has 0 aromatic rings. The van der Waals surface area contributed by atoms with Gasteiger partial charge in [-0.15, -0.1) is 0 Å². The molecule has 1 atom stereocenters. The van der Waals surface area contributed by atoms with Crippen molar-refractivity contribution in [2.75, 3.05) is 0 Å². The molecule has 9 heavy (non-hydrogen) atoms. The summed E-state index contributed by atoms with van der Waals surface area (Å²) in [7, 11) is 0. The van der Waals surface area contributed by atoms with Crippen molar-refractivity contribution in [3.8, 4) is 0 Å². The highest BCUT2D eigenvalue weighted by atomic mass is 35.6. The fourth-order valence-electron chi connectivity index (χ4n) is 0.412. The number of hydrogen-bond donors (Lipinski definition) is 1. The monoisotopic (exact) mass is 190 g/mol. The molecule has 0 aliphatic carbocycles. The van der Waals surface area contributed by atoms with Crippen LogP contribution in [0.15, 0.2) is 0 Å². The van der Waals surface area contributed by atoms with Crippen molar-refractivity contribution < 1.29 is 5.11 Å². The minimum Gasteiger partial charge on any atom is -0.393 e. The average molecular weight is 191 g/mol. The molecule has 0 rings (SSSR count). The Kier molecular flexibility index (Phi) is 4.22. The van der Waals surface area contributed by atoms with E-state index in [1.807, 2.05) is 6.92 Å². The second kappa shape index (κ2) is 3.87. The summed E-state index contributed by atoms with van der Waals surface area (Å²) in [5.74, 6) is 0. The first-order chi connectivity index (χ1) is 3.95. The van der Waals surface area contributed by atoms with Crippen molar-refractivity contribution >= 4 is 34.8 Å². The minimum atomic E-state index is -1.31. The van der Waals surface area contributed by atoms with E-state index in [0.717, 1.165) is 0 Å². The van der Waals surface area contributed by atoms with Gasteiger partial charge in [-0.3, -0.25) is 0 Å². The predicted molar refractivity (Wildman–Crippen MR) is 41.2 cm³/mol. The predicted octanol–water partition coefficient (Wildman–Crippen LogP) is 2.52. The van der Waals surface area contributed by atoms with Gasteiger partial charge in [0.25, 0.3) is 0 Å². The van der Waals surface area contributed by atoms with Crippen LogP contribution in [-0.4, -0.2) is 15.0 Å². The van der Waals surface area contributed by atoms with Crippen LogP contribution in [-0.2, 0) is 0 Å². The lowest BCUT2D eigenvalue weighted by atomic mass is 10.2. The minimum absolute atomic E-state index is 0.203. The van der Waals surface area contributed by atoms with E-state index in [1.54, 1.807) is 0 Å². The van der Waals surface area contributed by atoms with Crippen molar-refractivity contribution in [2.45, 2.75) is 29.7 Å². The average Bonchev–Trinajstić information content (AvgIpc) is 1.62. The molecule has 1 unspecified atom stereocenters. The molecule has 0 aromatic carbocycles. The van der Waals surface area contributed by atoms with Crippen LogP contribution in [0.25, 0.3) is 0 Å². The molecule has 0 fully saturated rings. The lowest BCUT2D eigenvalue weighted by Crippen LogP contribution is -2.15. The molecule has 1 nitrogen and oxygen atoms in total. The molecule has 4 heteroatoms. The van der Waals surface area contributed by atoms with E-state index < -0.39 is 9.90 Å². The summed E-state index contributed by atoms with van der Waals surface area (Å²) in [6, 6.07) is 0. The third-order valence-corrected chi connectivity index (χ3v) is 1.40. The lowest BCUT2D eigenvalue weighted by molar-refractivity contribution is 0.162. The third-order valence-electron chi connectivity index (χ3n) is 0.938. The van der Waals surface area contributed by atoms with Gasteiger partial charge in [0.05, 0.1) is 6.10 Å². The topological polar surface area (TPSA) is 20.2 Å². The molecule has 0 saturated carbocycles. The first-order valence-electron chi connectivity index (χ1n) is 2.70. The molecule has 0 amide bonds. The van der Waals surface area contributed by atoms with Gasteiger partial charge >= 0.3 is 0 Å². The van der Waals surface area contributed by atoms with Crippen LogP contribution in [0.4, 0.5) is 0 Å². The Morgan fingerprint density at radius 1 is 1.44 bits per heavy atom. The van der Waals surface area contributed by atoms with Crippen LogP contribution in [0.2, 0.25) is 0 Å². The van der Waals surface area contributed by atoms with Gasteiger partial charge in [-0.2, -0.15) is 0 Å². The van der Waals surface area contributed by atoms with E-state index in [2.05, 4.69) is 0 Å². The molecule has 0 heterocycles. The molecular weight excluding hydrogens is 182 g/mol. The summed E-state index contributed by atoms with van der Waals surface area (Å²) in [5.41, 5.74) is 0. The molecule has 0 radical (unpaired) electrons. The van der Waals surface area contributed by atoms with Gasteiger partial charge in [-0.1, -0.05) is 41.7 Å². The fourth-order valence-corrected chi connectivity index (χ4v) is 0.946. The second-order valence-electron chi connectivity index (χ2n) is 1.88. The molecular formula is C5H9Cl3O. The SMILES string of the molecule is CCC(O)CC(Cl)(Cl)Cl. The molecule has 0 spiro atoms. The highest BCUT2D eigenvalue weighted by molar-refractivity contribution is 6.67. The fraction of sp³-hybridized carbons (Fsp3) is 1.00. The van der Waals surface area contributed by atoms with Crippen molar-refractivity contribution in [3.63, 3.8) is 0 Å². The summed E-state index contributed by atoms with van der Waals surface area (Å²) >= 11 is 16.1. The molecule has 56 valence electrons. The van der Waals surface area contributed by atoms with Crippen molar-refractivity contribution in [3.05, 3.63) is 0 Å². The summed E-state index contributed by atoms with van der Waals surface area (Å²) in [6.45, 7) is 1.83. The largest absolute Gasteiger partial charge is 0.393 e. The van der Waals surface area contributed by atoms with Gasteiger partial charge in [0.1, 0.15) is 0 Å². The third kappa shape index (κ3) is 6.72. The smallest absolute Gasteiger partial charge is 0.193 e. The highest BCUT2D eigenvalue weighted by Crippen LogP contribution is 2.31. The maximum absolute atomic E-state index is 8.94. The summed E-state index contributed by atoms with van der Waals surface area (Å²) < 4.78 is -1.31. The number of halogens is 3. The number of aliphatic hydroxyl groups is 1. The van der Waals surface area contributed by atoms with Gasteiger partial charge in [-0.25, -0.2) is 0 Å². The van der Waals surface area contributed by atoms with E-state index >= 15 is 0 Å². The first kappa shape index (κ1) is 9.83. The number of aliphatic hydroxyl groups excluding tert-OH is 1. The Labute approximate surface area is 69.9 Å². The van der Waals surface area contributed by atoms with Crippen molar-refractivity contribution in [1.29, 1.82) is 0 Å². The molecule has 0 aliphatic rings. The van der Waals surface area contributed by atoms with Crippen LogP contribution in [0, 0.1) is 0 Å². The van der Waals surface area contributed by atoms with Crippen molar-refractivity contribution in [2.24, 2.45) is 0 Å². The zero-order valence-corrected chi connectivity index (χ0v) is 7.34. The normalized spacial score (nSPS) is 15.7. The first-order valence-corrected chi connectivity index (χ1v) is 3.84. The molecule has 0 aromatic heterocycles. The van der Waals surface area contributed by atoms with E-state index in [-0.39, 0.29) is 6.42 Å². The van der Waals surface area contributed by atoms with Gasteiger partial charge < -0.3 is 5.11 Å². The maximum Gasteiger partial charge on any atom is 0.193 e. The quantitative estimate of drug-likeness (QED) is 0.665. The Morgan fingerprint density at radius 3 is 2.00 bits per heavy atom. The zero-order valence-electron chi connectivity index (χ0n) is 5.07. The van der Waals surface area contributed by atoms with Gasteiger partial charge in [0.15, 0.2) is 3.79 Å². The van der Waals surface area contributed by atoms with Gasteiger partial charge in [0.2, 0.25) is 0 Å². The number of rotatable bonds is 2. The zero-order chi connectivity index (χ0) is 7.49. The Hall–Kier alpha value is 0.830. The summed E-state index contributed by atoms with van der Waals surface area (Å²) in [6.07, 6.45) is 0.319. The van der Waals surface area contributed by atoms with Gasteiger partial charge in [0, 0.05) is 6.42 Å². The number of hydrogen-bond acceptors (Lipinski definition) is 1. The van der Waals surface area contributed by atoms with Crippen LogP contribution in [0.3, 0.4) is 0 Å². The van der Waals surface area contributed by atoms with Crippen molar-refractivity contribution in [1.82, 2.24) is 0 Å². The van der Waals surface area contributed by atoms with Crippen LogP contribution in [0.5, 0.6) is 0 Å². The molecule has 0 bridgehead atoms.